The van der Waals surface area contributed by atoms with Gasteiger partial charge in [0, 0.05) is 11.8 Å². The largest absolute Gasteiger partial charge is 0.586 e. The van der Waals surface area contributed by atoms with E-state index in [2.05, 4.69) is 25.0 Å². The number of aromatic nitrogens is 3. The Bertz CT molecular complexity index is 1340. The van der Waals surface area contributed by atoms with Crippen molar-refractivity contribution < 1.29 is 27.5 Å². The van der Waals surface area contributed by atoms with Crippen molar-refractivity contribution in [2.45, 2.75) is 24.9 Å². The van der Waals surface area contributed by atoms with Crippen LogP contribution in [0.5, 0.6) is 11.5 Å². The molecule has 0 saturated heterocycles. The van der Waals surface area contributed by atoms with Crippen LogP contribution in [0.25, 0.3) is 11.4 Å². The molecule has 0 spiro atoms. The van der Waals surface area contributed by atoms with Gasteiger partial charge in [-0.05, 0) is 30.7 Å². The fourth-order valence-corrected chi connectivity index (χ4v) is 4.21. The molecular formula is C23H18F2N4O4S. The van der Waals surface area contributed by atoms with Gasteiger partial charge in [-0.1, -0.05) is 42.1 Å². The number of alkyl halides is 2. The summed E-state index contributed by atoms with van der Waals surface area (Å²) in [5.41, 5.74) is 2.18. The van der Waals surface area contributed by atoms with Crippen LogP contribution in [0.1, 0.15) is 11.3 Å². The normalized spacial score (nSPS) is 13.7. The Morgan fingerprint density at radius 1 is 1.09 bits per heavy atom. The number of nitrogens with zero attached hydrogens (tertiary/aromatic N) is 3. The van der Waals surface area contributed by atoms with Gasteiger partial charge < -0.3 is 19.2 Å². The summed E-state index contributed by atoms with van der Waals surface area (Å²) in [4.78, 5) is 12.5. The molecule has 8 nitrogen and oxygen atoms in total. The molecule has 11 heteroatoms. The summed E-state index contributed by atoms with van der Waals surface area (Å²) in [7, 11) is 0. The number of ether oxygens (including phenoxy) is 2. The van der Waals surface area contributed by atoms with Gasteiger partial charge in [0.15, 0.2) is 22.5 Å². The number of fused-ring (bicyclic) bond motifs is 1. The van der Waals surface area contributed by atoms with Crippen LogP contribution in [-0.2, 0) is 11.3 Å². The lowest BCUT2D eigenvalue weighted by atomic mass is 10.2. The third kappa shape index (κ3) is 4.60. The monoisotopic (exact) mass is 484 g/mol. The first kappa shape index (κ1) is 22.0. The minimum atomic E-state index is -3.71. The summed E-state index contributed by atoms with van der Waals surface area (Å²) < 4.78 is 42.6. The molecule has 0 bridgehead atoms. The van der Waals surface area contributed by atoms with E-state index in [1.807, 2.05) is 47.9 Å². The average Bonchev–Trinajstić information content (AvgIpc) is 3.48. The Morgan fingerprint density at radius 2 is 1.88 bits per heavy atom. The van der Waals surface area contributed by atoms with Gasteiger partial charge in [-0.2, -0.15) is 0 Å². The van der Waals surface area contributed by atoms with E-state index in [1.165, 1.54) is 30.0 Å². The van der Waals surface area contributed by atoms with Crippen molar-refractivity contribution in [2.75, 3.05) is 11.1 Å². The second-order valence-corrected chi connectivity index (χ2v) is 8.38. The topological polar surface area (TPSA) is 91.4 Å². The summed E-state index contributed by atoms with van der Waals surface area (Å²) in [5.74, 6) is 0.804. The molecule has 1 aliphatic rings. The lowest BCUT2D eigenvalue weighted by Crippen LogP contribution is -2.25. The zero-order chi connectivity index (χ0) is 23.7. The van der Waals surface area contributed by atoms with Gasteiger partial charge in [-0.25, -0.2) is 0 Å². The van der Waals surface area contributed by atoms with Crippen LogP contribution in [0.2, 0.25) is 0 Å². The molecule has 1 amide bonds. The molecule has 1 aliphatic heterocycles. The lowest BCUT2D eigenvalue weighted by molar-refractivity contribution is -0.286. The first-order valence-electron chi connectivity index (χ1n) is 10.2. The van der Waals surface area contributed by atoms with Gasteiger partial charge >= 0.3 is 6.29 Å². The zero-order valence-electron chi connectivity index (χ0n) is 17.8. The van der Waals surface area contributed by atoms with Crippen molar-refractivity contribution in [3.05, 3.63) is 72.2 Å². The summed E-state index contributed by atoms with van der Waals surface area (Å²) in [6, 6.07) is 15.7. The van der Waals surface area contributed by atoms with Gasteiger partial charge in [0.25, 0.3) is 0 Å². The average molecular weight is 484 g/mol. The maximum Gasteiger partial charge on any atom is 0.586 e. The van der Waals surface area contributed by atoms with Gasteiger partial charge in [-0.15, -0.1) is 19.0 Å². The van der Waals surface area contributed by atoms with Crippen molar-refractivity contribution in [1.82, 2.24) is 14.8 Å². The number of carbonyl (C=O) groups excluding carboxylic acids is 1. The Morgan fingerprint density at radius 3 is 2.65 bits per heavy atom. The van der Waals surface area contributed by atoms with E-state index in [0.29, 0.717) is 29.0 Å². The number of thioether (sulfide) groups is 1. The van der Waals surface area contributed by atoms with E-state index in [9.17, 15) is 13.6 Å². The van der Waals surface area contributed by atoms with Crippen LogP contribution in [0.4, 0.5) is 14.5 Å². The lowest BCUT2D eigenvalue weighted by Gasteiger charge is -2.10. The van der Waals surface area contributed by atoms with E-state index in [1.54, 1.807) is 6.26 Å². The third-order valence-electron chi connectivity index (χ3n) is 5.02. The predicted molar refractivity (Wildman–Crippen MR) is 120 cm³/mol. The van der Waals surface area contributed by atoms with Crippen molar-refractivity contribution in [1.29, 1.82) is 0 Å². The van der Waals surface area contributed by atoms with Crippen LogP contribution in [-0.4, -0.2) is 32.7 Å². The number of aryl methyl sites for hydroxylation is 1. The highest BCUT2D eigenvalue weighted by Crippen LogP contribution is 2.42. The highest BCUT2D eigenvalue weighted by Gasteiger charge is 2.43. The molecule has 0 aliphatic carbocycles. The molecule has 5 rings (SSSR count). The number of nitrogens with one attached hydrogen (secondary N) is 1. The van der Waals surface area contributed by atoms with Crippen molar-refractivity contribution in [3.63, 3.8) is 0 Å². The molecule has 2 aromatic heterocycles. The molecule has 174 valence electrons. The van der Waals surface area contributed by atoms with Crippen molar-refractivity contribution >= 4 is 23.4 Å². The minimum Gasteiger partial charge on any atom is -0.469 e. The van der Waals surface area contributed by atoms with Crippen LogP contribution >= 0.6 is 11.8 Å². The third-order valence-corrected chi connectivity index (χ3v) is 5.98. The zero-order valence-corrected chi connectivity index (χ0v) is 18.6. The number of halogens is 2. The highest BCUT2D eigenvalue weighted by molar-refractivity contribution is 7.99. The molecule has 1 N–H and O–H groups in total. The van der Waals surface area contributed by atoms with Crippen LogP contribution in [0, 0.1) is 6.92 Å². The molecule has 2 aromatic carbocycles. The summed E-state index contributed by atoms with van der Waals surface area (Å²) >= 11 is 1.21. The number of benzene rings is 2. The van der Waals surface area contributed by atoms with E-state index >= 15 is 0 Å². The van der Waals surface area contributed by atoms with Gasteiger partial charge in [0.05, 0.1) is 24.1 Å². The smallest absolute Gasteiger partial charge is 0.469 e. The fourth-order valence-electron chi connectivity index (χ4n) is 3.47. The number of furan rings is 1. The van der Waals surface area contributed by atoms with Crippen molar-refractivity contribution in [2.24, 2.45) is 0 Å². The van der Waals surface area contributed by atoms with Crippen molar-refractivity contribution in [3.8, 4) is 22.9 Å². The molecule has 0 atom stereocenters. The second kappa shape index (κ2) is 8.82. The first-order valence-corrected chi connectivity index (χ1v) is 11.2. The Hall–Kier alpha value is -3.86. The number of carbonyl (C=O) groups is 1. The number of anilines is 1. The molecular weight excluding hydrogens is 466 g/mol. The number of hydrogen-bond acceptors (Lipinski definition) is 7. The fraction of sp³-hybridized carbons (Fsp3) is 0.174. The molecule has 3 heterocycles. The number of amides is 1. The van der Waals surface area contributed by atoms with Gasteiger partial charge in [-0.3, -0.25) is 9.36 Å². The van der Waals surface area contributed by atoms with E-state index in [4.69, 9.17) is 4.42 Å². The Balaban J connectivity index is 1.31. The summed E-state index contributed by atoms with van der Waals surface area (Å²) in [6.07, 6.45) is -2.12. The second-order valence-electron chi connectivity index (χ2n) is 7.43. The van der Waals surface area contributed by atoms with E-state index in [-0.39, 0.29) is 23.2 Å². The highest BCUT2D eigenvalue weighted by atomic mass is 32.2. The molecule has 0 unspecified atom stereocenters. The standard InChI is InChI=1S/C23H18F2N4O4S/c1-14-17(9-10-31-14)21-27-28-22(29(21)12-15-5-3-2-4-6-15)34-13-20(30)26-16-7-8-18-19(11-16)33-23(24,25)32-18/h2-11H,12-13H2,1H3,(H,26,30). The molecule has 0 radical (unpaired) electrons. The molecule has 0 fully saturated rings. The van der Waals surface area contributed by atoms with E-state index < -0.39 is 6.29 Å². The van der Waals surface area contributed by atoms with E-state index in [0.717, 1.165) is 11.1 Å². The van der Waals surface area contributed by atoms with Crippen LogP contribution in [0.15, 0.2) is 70.4 Å². The Labute approximate surface area is 196 Å². The summed E-state index contributed by atoms with van der Waals surface area (Å²) in [5, 5.41) is 11.8. The first-order chi connectivity index (χ1) is 16.4. The quantitative estimate of drug-likeness (QED) is 0.371. The van der Waals surface area contributed by atoms with Crippen LogP contribution in [0.3, 0.4) is 0 Å². The van der Waals surface area contributed by atoms with Gasteiger partial charge in [0.2, 0.25) is 5.91 Å². The molecule has 34 heavy (non-hydrogen) atoms. The minimum absolute atomic E-state index is 0.0297. The molecule has 4 aromatic rings. The maximum atomic E-state index is 13.2. The number of rotatable bonds is 7. The predicted octanol–water partition coefficient (Wildman–Crippen LogP) is 4.95. The SMILES string of the molecule is Cc1occc1-c1nnc(SCC(=O)Nc2ccc3c(c2)OC(F)(F)O3)n1Cc1ccccc1. The Kier molecular flexibility index (Phi) is 5.70. The van der Waals surface area contributed by atoms with Gasteiger partial charge in [0.1, 0.15) is 5.76 Å². The maximum absolute atomic E-state index is 13.2. The molecule has 0 saturated carbocycles. The van der Waals surface area contributed by atoms with Crippen LogP contribution < -0.4 is 14.8 Å². The number of hydrogen-bond donors (Lipinski definition) is 1. The summed E-state index contributed by atoms with van der Waals surface area (Å²) in [6.45, 7) is 2.35.